The average Bonchev–Trinajstić information content (AvgIpc) is 2.30. The molecule has 2 rings (SSSR count). The van der Waals surface area contributed by atoms with Crippen molar-refractivity contribution >= 4 is 5.69 Å². The molecule has 2 aromatic rings. The number of nitrogen functional groups attached to an aromatic ring is 1. The lowest BCUT2D eigenvalue weighted by molar-refractivity contribution is 1.32. The molecule has 0 spiro atoms. The molecule has 1 heterocycles. The molecule has 0 fully saturated rings. The first-order valence-corrected chi connectivity index (χ1v) is 5.04. The molecule has 0 bridgehead atoms. The van der Waals surface area contributed by atoms with E-state index in [1.165, 1.54) is 5.56 Å². The van der Waals surface area contributed by atoms with Crippen molar-refractivity contribution in [1.29, 1.82) is 0 Å². The standard InChI is InChI=1S/C14H12N2/c1-11-2-4-12(5-3-11)6-7-13-10-16-9-8-14(13)15/h2-5,8-10H,1H3,(H2,15,16). The van der Waals surface area contributed by atoms with Gasteiger partial charge in [-0.3, -0.25) is 4.98 Å². The quantitative estimate of drug-likeness (QED) is 0.675. The van der Waals surface area contributed by atoms with Gasteiger partial charge in [0.2, 0.25) is 0 Å². The Morgan fingerprint density at radius 1 is 1.06 bits per heavy atom. The number of aromatic nitrogens is 1. The predicted octanol–water partition coefficient (Wildman–Crippen LogP) is 2.37. The second kappa shape index (κ2) is 4.50. The largest absolute Gasteiger partial charge is 0.398 e. The van der Waals surface area contributed by atoms with Crippen LogP contribution in [0.1, 0.15) is 16.7 Å². The molecule has 0 amide bonds. The highest BCUT2D eigenvalue weighted by molar-refractivity contribution is 5.55. The van der Waals surface area contributed by atoms with Crippen LogP contribution >= 0.6 is 0 Å². The third-order valence-electron chi connectivity index (χ3n) is 2.25. The van der Waals surface area contributed by atoms with Crippen LogP contribution in [0.5, 0.6) is 0 Å². The minimum absolute atomic E-state index is 0.662. The minimum Gasteiger partial charge on any atom is -0.398 e. The van der Waals surface area contributed by atoms with Gasteiger partial charge in [0.1, 0.15) is 0 Å². The number of nitrogens with two attached hydrogens (primary N) is 1. The molecule has 0 aliphatic carbocycles. The van der Waals surface area contributed by atoms with E-state index in [9.17, 15) is 0 Å². The van der Waals surface area contributed by atoms with E-state index in [1.807, 2.05) is 24.3 Å². The van der Waals surface area contributed by atoms with Crippen molar-refractivity contribution in [3.05, 3.63) is 59.4 Å². The van der Waals surface area contributed by atoms with Gasteiger partial charge in [0.05, 0.1) is 11.3 Å². The molecule has 0 unspecified atom stereocenters. The van der Waals surface area contributed by atoms with Crippen LogP contribution in [0.3, 0.4) is 0 Å². The summed E-state index contributed by atoms with van der Waals surface area (Å²) in [4.78, 5) is 3.99. The summed E-state index contributed by atoms with van der Waals surface area (Å²) in [5, 5.41) is 0. The van der Waals surface area contributed by atoms with Gasteiger partial charge in [0.15, 0.2) is 0 Å². The van der Waals surface area contributed by atoms with Crippen LogP contribution in [0.15, 0.2) is 42.7 Å². The summed E-state index contributed by atoms with van der Waals surface area (Å²) in [6, 6.07) is 9.82. The summed E-state index contributed by atoms with van der Waals surface area (Å²) in [6.45, 7) is 2.05. The van der Waals surface area contributed by atoms with Crippen molar-refractivity contribution in [3.63, 3.8) is 0 Å². The molecule has 2 N–H and O–H groups in total. The van der Waals surface area contributed by atoms with E-state index in [0.29, 0.717) is 5.69 Å². The fourth-order valence-corrected chi connectivity index (χ4v) is 1.29. The van der Waals surface area contributed by atoms with E-state index in [2.05, 4.69) is 23.7 Å². The van der Waals surface area contributed by atoms with Crippen LogP contribution in [0.2, 0.25) is 0 Å². The van der Waals surface area contributed by atoms with Crippen LogP contribution in [0, 0.1) is 18.8 Å². The lowest BCUT2D eigenvalue weighted by atomic mass is 10.1. The summed E-state index contributed by atoms with van der Waals surface area (Å²) in [6.07, 6.45) is 3.34. The molecule has 78 valence electrons. The maximum atomic E-state index is 5.77. The van der Waals surface area contributed by atoms with Crippen molar-refractivity contribution in [2.24, 2.45) is 0 Å². The normalized spacial score (nSPS) is 9.31. The zero-order valence-electron chi connectivity index (χ0n) is 9.07. The van der Waals surface area contributed by atoms with Gasteiger partial charge in [0, 0.05) is 18.0 Å². The molecule has 0 radical (unpaired) electrons. The third-order valence-corrected chi connectivity index (χ3v) is 2.25. The Hall–Kier alpha value is -2.27. The molecule has 0 atom stereocenters. The highest BCUT2D eigenvalue weighted by Gasteiger charge is 1.92. The molecule has 0 saturated heterocycles. The maximum absolute atomic E-state index is 5.77. The maximum Gasteiger partial charge on any atom is 0.0661 e. The van der Waals surface area contributed by atoms with Gasteiger partial charge in [0.25, 0.3) is 0 Å². The first-order valence-electron chi connectivity index (χ1n) is 5.04. The topological polar surface area (TPSA) is 38.9 Å². The first kappa shape index (κ1) is 10.3. The molecule has 2 heteroatoms. The Kier molecular flexibility index (Phi) is 2.88. The van der Waals surface area contributed by atoms with Gasteiger partial charge >= 0.3 is 0 Å². The van der Waals surface area contributed by atoms with Crippen molar-refractivity contribution in [1.82, 2.24) is 4.98 Å². The third kappa shape index (κ3) is 2.40. The number of benzene rings is 1. The smallest absolute Gasteiger partial charge is 0.0661 e. The zero-order valence-corrected chi connectivity index (χ0v) is 9.07. The van der Waals surface area contributed by atoms with E-state index in [4.69, 9.17) is 5.73 Å². The lowest BCUT2D eigenvalue weighted by Crippen LogP contribution is -1.90. The van der Waals surface area contributed by atoms with Gasteiger partial charge in [-0.25, -0.2) is 0 Å². The van der Waals surface area contributed by atoms with Crippen LogP contribution in [-0.4, -0.2) is 4.98 Å². The molecular weight excluding hydrogens is 196 g/mol. The zero-order chi connectivity index (χ0) is 11.4. The molecule has 2 nitrogen and oxygen atoms in total. The van der Waals surface area contributed by atoms with Crippen LogP contribution in [0.25, 0.3) is 0 Å². The average molecular weight is 208 g/mol. The summed E-state index contributed by atoms with van der Waals surface area (Å²) in [5.41, 5.74) is 9.40. The van der Waals surface area contributed by atoms with E-state index in [1.54, 1.807) is 18.5 Å². The summed E-state index contributed by atoms with van der Waals surface area (Å²) < 4.78 is 0. The van der Waals surface area contributed by atoms with Crippen molar-refractivity contribution < 1.29 is 0 Å². The monoisotopic (exact) mass is 208 g/mol. The van der Waals surface area contributed by atoms with Crippen molar-refractivity contribution in [2.75, 3.05) is 5.73 Å². The number of rotatable bonds is 0. The summed E-state index contributed by atoms with van der Waals surface area (Å²) >= 11 is 0. The number of hydrogen-bond acceptors (Lipinski definition) is 2. The van der Waals surface area contributed by atoms with Gasteiger partial charge < -0.3 is 5.73 Å². The Morgan fingerprint density at radius 3 is 2.50 bits per heavy atom. The molecular formula is C14H12N2. The lowest BCUT2D eigenvalue weighted by Gasteiger charge is -1.95. The van der Waals surface area contributed by atoms with Crippen LogP contribution < -0.4 is 5.73 Å². The molecule has 1 aromatic heterocycles. The Labute approximate surface area is 95.1 Å². The Morgan fingerprint density at radius 2 is 1.81 bits per heavy atom. The number of pyridine rings is 1. The Balaban J connectivity index is 2.29. The van der Waals surface area contributed by atoms with E-state index >= 15 is 0 Å². The van der Waals surface area contributed by atoms with E-state index in [0.717, 1.165) is 11.1 Å². The second-order valence-corrected chi connectivity index (χ2v) is 3.58. The summed E-state index contributed by atoms with van der Waals surface area (Å²) in [5.74, 6) is 6.07. The van der Waals surface area contributed by atoms with Gasteiger partial charge in [-0.05, 0) is 25.1 Å². The van der Waals surface area contributed by atoms with Crippen LogP contribution in [-0.2, 0) is 0 Å². The SMILES string of the molecule is Cc1ccc(C#Cc2cnccc2N)cc1. The fraction of sp³-hybridized carbons (Fsp3) is 0.0714. The fourth-order valence-electron chi connectivity index (χ4n) is 1.29. The van der Waals surface area contributed by atoms with E-state index < -0.39 is 0 Å². The molecule has 16 heavy (non-hydrogen) atoms. The minimum atomic E-state index is 0.662. The van der Waals surface area contributed by atoms with Crippen LogP contribution in [0.4, 0.5) is 5.69 Å². The number of aryl methyl sites for hydroxylation is 1. The van der Waals surface area contributed by atoms with Gasteiger partial charge in [-0.2, -0.15) is 0 Å². The highest BCUT2D eigenvalue weighted by Crippen LogP contribution is 2.07. The first-order chi connectivity index (χ1) is 7.75. The number of nitrogens with zero attached hydrogens (tertiary/aromatic N) is 1. The van der Waals surface area contributed by atoms with Gasteiger partial charge in [-0.1, -0.05) is 29.5 Å². The highest BCUT2D eigenvalue weighted by atomic mass is 14.7. The molecule has 1 aromatic carbocycles. The molecule has 0 aliphatic heterocycles. The van der Waals surface area contributed by atoms with E-state index in [-0.39, 0.29) is 0 Å². The molecule has 0 aliphatic rings. The number of hydrogen-bond donors (Lipinski definition) is 1. The molecule has 0 saturated carbocycles. The Bertz CT molecular complexity index is 545. The van der Waals surface area contributed by atoms with Crippen molar-refractivity contribution in [2.45, 2.75) is 6.92 Å². The second-order valence-electron chi connectivity index (χ2n) is 3.58. The van der Waals surface area contributed by atoms with Gasteiger partial charge in [-0.15, -0.1) is 0 Å². The predicted molar refractivity (Wildman–Crippen MR) is 65.8 cm³/mol. The number of anilines is 1. The summed E-state index contributed by atoms with van der Waals surface area (Å²) in [7, 11) is 0. The van der Waals surface area contributed by atoms with Crippen molar-refractivity contribution in [3.8, 4) is 11.8 Å².